The maximum atomic E-state index is 13.2. The van der Waals surface area contributed by atoms with Crippen LogP contribution in [-0.2, 0) is 15.8 Å². The van der Waals surface area contributed by atoms with Gasteiger partial charge in [-0.25, -0.2) is 0 Å². The molecule has 0 radical (unpaired) electrons. The van der Waals surface area contributed by atoms with Gasteiger partial charge in [0.1, 0.15) is 13.2 Å². The van der Waals surface area contributed by atoms with Crippen molar-refractivity contribution in [2.45, 2.75) is 20.0 Å². The number of ether oxygens (including phenoxy) is 2. The van der Waals surface area contributed by atoms with E-state index in [4.69, 9.17) is 9.47 Å². The van der Waals surface area contributed by atoms with E-state index in [2.05, 4.69) is 5.32 Å². The lowest BCUT2D eigenvalue weighted by molar-refractivity contribution is -0.137. The number of fused-ring (bicyclic) bond motifs is 1. The van der Waals surface area contributed by atoms with Gasteiger partial charge in [-0.3, -0.25) is 9.59 Å². The van der Waals surface area contributed by atoms with Crippen molar-refractivity contribution in [3.63, 3.8) is 0 Å². The standard InChI is InChI=1S/C23H23F3N2O4/c1-3-28(13-20(29)27-18-10-6-5-9-17(18)23(24,25)26)22(30)16-12-15-8-7-11-19(31-4-2)21(15)32-14-16/h5-12H,3-4,13-14H2,1-2H3,(H,27,29). The first-order chi connectivity index (χ1) is 15.2. The molecular formula is C23H23F3N2O4. The van der Waals surface area contributed by atoms with E-state index in [1.54, 1.807) is 31.2 Å². The molecule has 2 amide bonds. The highest BCUT2D eigenvalue weighted by Gasteiger charge is 2.34. The van der Waals surface area contributed by atoms with Crippen LogP contribution in [0.2, 0.25) is 0 Å². The highest BCUT2D eigenvalue weighted by molar-refractivity contribution is 6.02. The number of halogens is 3. The number of hydrogen-bond donors (Lipinski definition) is 1. The molecule has 1 aliphatic rings. The molecule has 1 N–H and O–H groups in total. The second kappa shape index (κ2) is 9.76. The van der Waals surface area contributed by atoms with Crippen molar-refractivity contribution in [1.82, 2.24) is 4.90 Å². The number of alkyl halides is 3. The molecule has 0 saturated heterocycles. The first-order valence-corrected chi connectivity index (χ1v) is 10.1. The number of carbonyl (C=O) groups is 2. The zero-order valence-corrected chi connectivity index (χ0v) is 17.7. The molecule has 0 bridgehead atoms. The van der Waals surface area contributed by atoms with Crippen molar-refractivity contribution in [1.29, 1.82) is 0 Å². The number of rotatable bonds is 7. The van der Waals surface area contributed by atoms with Gasteiger partial charge in [0, 0.05) is 12.1 Å². The molecule has 0 aromatic heterocycles. The van der Waals surface area contributed by atoms with E-state index in [0.29, 0.717) is 29.2 Å². The maximum absolute atomic E-state index is 13.2. The monoisotopic (exact) mass is 448 g/mol. The minimum atomic E-state index is -4.61. The Morgan fingerprint density at radius 3 is 2.56 bits per heavy atom. The van der Waals surface area contributed by atoms with Crippen molar-refractivity contribution in [2.75, 3.05) is 31.6 Å². The molecule has 0 saturated carbocycles. The average Bonchev–Trinajstić information content (AvgIpc) is 2.76. The molecule has 0 fully saturated rings. The van der Waals surface area contributed by atoms with Crippen LogP contribution in [0.5, 0.6) is 11.5 Å². The van der Waals surface area contributed by atoms with E-state index in [9.17, 15) is 22.8 Å². The zero-order valence-electron chi connectivity index (χ0n) is 17.7. The van der Waals surface area contributed by atoms with Gasteiger partial charge < -0.3 is 19.7 Å². The Balaban J connectivity index is 1.73. The third-order valence-electron chi connectivity index (χ3n) is 4.80. The topological polar surface area (TPSA) is 67.9 Å². The van der Waals surface area contributed by atoms with E-state index in [-0.39, 0.29) is 18.8 Å². The Morgan fingerprint density at radius 2 is 1.88 bits per heavy atom. The van der Waals surface area contributed by atoms with Crippen molar-refractivity contribution < 1.29 is 32.2 Å². The third kappa shape index (κ3) is 5.22. The number of amides is 2. The molecule has 1 aliphatic heterocycles. The maximum Gasteiger partial charge on any atom is 0.418 e. The molecular weight excluding hydrogens is 425 g/mol. The number of nitrogens with zero attached hydrogens (tertiary/aromatic N) is 1. The zero-order chi connectivity index (χ0) is 23.3. The van der Waals surface area contributed by atoms with E-state index in [0.717, 1.165) is 6.07 Å². The molecule has 32 heavy (non-hydrogen) atoms. The molecule has 9 heteroatoms. The Kier molecular flexibility index (Phi) is 7.07. The smallest absolute Gasteiger partial charge is 0.418 e. The summed E-state index contributed by atoms with van der Waals surface area (Å²) in [6.07, 6.45) is -2.94. The van der Waals surface area contributed by atoms with Crippen LogP contribution in [-0.4, -0.2) is 43.0 Å². The van der Waals surface area contributed by atoms with Crippen molar-refractivity contribution in [3.8, 4) is 11.5 Å². The van der Waals surface area contributed by atoms with Crippen LogP contribution < -0.4 is 14.8 Å². The SMILES string of the molecule is CCOc1cccc2c1OCC(C(=O)N(CC)CC(=O)Nc1ccccc1C(F)(F)F)=C2. The minimum Gasteiger partial charge on any atom is -0.490 e. The summed E-state index contributed by atoms with van der Waals surface area (Å²) in [5, 5.41) is 2.26. The van der Waals surface area contributed by atoms with Gasteiger partial charge in [-0.2, -0.15) is 13.2 Å². The Bertz CT molecular complexity index is 1030. The molecule has 2 aromatic rings. The van der Waals surface area contributed by atoms with Crippen molar-refractivity contribution in [3.05, 3.63) is 59.2 Å². The fraction of sp³-hybridized carbons (Fsp3) is 0.304. The van der Waals surface area contributed by atoms with Crippen LogP contribution in [0, 0.1) is 0 Å². The van der Waals surface area contributed by atoms with Gasteiger partial charge >= 0.3 is 6.18 Å². The van der Waals surface area contributed by atoms with Gasteiger partial charge in [-0.05, 0) is 38.1 Å². The van der Waals surface area contributed by atoms with E-state index < -0.39 is 30.1 Å². The largest absolute Gasteiger partial charge is 0.490 e. The number of carbonyl (C=O) groups excluding carboxylic acids is 2. The van der Waals surface area contributed by atoms with Crippen LogP contribution in [0.3, 0.4) is 0 Å². The summed E-state index contributed by atoms with van der Waals surface area (Å²) in [6.45, 7) is 3.78. The normalized spacial score (nSPS) is 12.8. The molecule has 170 valence electrons. The Hall–Kier alpha value is -3.49. The van der Waals surface area contributed by atoms with E-state index in [1.807, 2.05) is 6.92 Å². The van der Waals surface area contributed by atoms with Crippen molar-refractivity contribution in [2.24, 2.45) is 0 Å². The highest BCUT2D eigenvalue weighted by Crippen LogP contribution is 2.36. The Labute approximate surface area is 183 Å². The van der Waals surface area contributed by atoms with Gasteiger partial charge in [0.05, 0.1) is 23.4 Å². The predicted molar refractivity (Wildman–Crippen MR) is 113 cm³/mol. The quantitative estimate of drug-likeness (QED) is 0.683. The summed E-state index contributed by atoms with van der Waals surface area (Å²) < 4.78 is 50.7. The van der Waals surface area contributed by atoms with Crippen molar-refractivity contribution >= 4 is 23.6 Å². The lowest BCUT2D eigenvalue weighted by atomic mass is 10.1. The summed E-state index contributed by atoms with van der Waals surface area (Å²) in [5.41, 5.74) is -0.305. The van der Waals surface area contributed by atoms with Gasteiger partial charge in [0.2, 0.25) is 5.91 Å². The number of likely N-dealkylation sites (N-methyl/N-ethyl adjacent to an activating group) is 1. The number of hydrogen-bond acceptors (Lipinski definition) is 4. The molecule has 3 rings (SSSR count). The molecule has 6 nitrogen and oxygen atoms in total. The van der Waals surface area contributed by atoms with E-state index in [1.165, 1.54) is 23.1 Å². The number of para-hydroxylation sites is 2. The second-order valence-electron chi connectivity index (χ2n) is 6.98. The predicted octanol–water partition coefficient (Wildman–Crippen LogP) is 4.37. The van der Waals surface area contributed by atoms with Crippen LogP contribution in [0.4, 0.5) is 18.9 Å². The van der Waals surface area contributed by atoms with E-state index >= 15 is 0 Å². The highest BCUT2D eigenvalue weighted by atomic mass is 19.4. The van der Waals surface area contributed by atoms with Crippen LogP contribution in [0.25, 0.3) is 6.08 Å². The molecule has 0 atom stereocenters. The summed E-state index contributed by atoms with van der Waals surface area (Å²) in [6, 6.07) is 10.0. The van der Waals surface area contributed by atoms with Crippen LogP contribution >= 0.6 is 0 Å². The molecule has 2 aromatic carbocycles. The number of nitrogens with one attached hydrogen (secondary N) is 1. The molecule has 0 aliphatic carbocycles. The van der Waals surface area contributed by atoms with Gasteiger partial charge in [0.15, 0.2) is 11.5 Å². The fourth-order valence-electron chi connectivity index (χ4n) is 3.31. The summed E-state index contributed by atoms with van der Waals surface area (Å²) in [5.74, 6) is -0.0502. The van der Waals surface area contributed by atoms with Crippen LogP contribution in [0.15, 0.2) is 48.0 Å². The van der Waals surface area contributed by atoms with Gasteiger partial charge in [-0.15, -0.1) is 0 Å². The summed E-state index contributed by atoms with van der Waals surface area (Å²) in [7, 11) is 0. The Morgan fingerprint density at radius 1 is 1.12 bits per heavy atom. The van der Waals surface area contributed by atoms with Gasteiger partial charge in [0.25, 0.3) is 5.91 Å². The lowest BCUT2D eigenvalue weighted by Crippen LogP contribution is -2.40. The number of benzene rings is 2. The molecule has 0 unspecified atom stereocenters. The first-order valence-electron chi connectivity index (χ1n) is 10.1. The fourth-order valence-corrected chi connectivity index (χ4v) is 3.31. The molecule has 0 spiro atoms. The minimum absolute atomic E-state index is 0.00898. The number of anilines is 1. The average molecular weight is 448 g/mol. The summed E-state index contributed by atoms with van der Waals surface area (Å²) >= 11 is 0. The lowest BCUT2D eigenvalue weighted by Gasteiger charge is -2.25. The van der Waals surface area contributed by atoms with Gasteiger partial charge in [-0.1, -0.05) is 24.3 Å². The summed E-state index contributed by atoms with van der Waals surface area (Å²) in [4.78, 5) is 26.6. The third-order valence-corrected chi connectivity index (χ3v) is 4.80. The second-order valence-corrected chi connectivity index (χ2v) is 6.98. The molecule has 1 heterocycles. The first kappa shape index (κ1) is 23.2. The van der Waals surface area contributed by atoms with Crippen LogP contribution in [0.1, 0.15) is 25.0 Å².